The smallest absolute Gasteiger partial charge is 0.324 e. The molecule has 0 rings (SSSR count). The van der Waals surface area contributed by atoms with Gasteiger partial charge in [0.05, 0.1) is 6.16 Å². The molecule has 0 aromatic heterocycles. The lowest BCUT2D eigenvalue weighted by molar-refractivity contribution is 0.374. The molecule has 0 aliphatic rings. The maximum Gasteiger partial charge on any atom is 0.326 e. The van der Waals surface area contributed by atoms with E-state index in [1.807, 2.05) is 0 Å². The highest BCUT2D eigenvalue weighted by Gasteiger charge is 2.14. The van der Waals surface area contributed by atoms with Crippen molar-refractivity contribution in [3.05, 3.63) is 5.92 Å². The standard InChI is InChI=1S/C4H10O3P/c1-4(2)3-8(5,6)7/h3H2,1-2H3,(H2,5,6,7). The van der Waals surface area contributed by atoms with Crippen molar-refractivity contribution in [2.75, 3.05) is 6.16 Å². The first-order valence-corrected chi connectivity index (χ1v) is 4.05. The minimum atomic E-state index is -3.76. The van der Waals surface area contributed by atoms with Crippen LogP contribution in [0.1, 0.15) is 13.8 Å². The van der Waals surface area contributed by atoms with Gasteiger partial charge in [-0.15, -0.1) is 0 Å². The van der Waals surface area contributed by atoms with Crippen molar-refractivity contribution in [1.82, 2.24) is 0 Å². The van der Waals surface area contributed by atoms with Gasteiger partial charge in [-0.1, -0.05) is 13.8 Å². The molecule has 0 aromatic rings. The zero-order chi connectivity index (χ0) is 6.78. The Balaban J connectivity index is 3.56. The van der Waals surface area contributed by atoms with Gasteiger partial charge in [0.25, 0.3) is 0 Å². The molecule has 0 aliphatic heterocycles. The molecule has 3 nitrogen and oxygen atoms in total. The molecule has 0 bridgehead atoms. The summed E-state index contributed by atoms with van der Waals surface area (Å²) in [7, 11) is -3.76. The van der Waals surface area contributed by atoms with Crippen LogP contribution in [0.2, 0.25) is 0 Å². The quantitative estimate of drug-likeness (QED) is 0.553. The van der Waals surface area contributed by atoms with Crippen LogP contribution in [0.3, 0.4) is 0 Å². The summed E-state index contributed by atoms with van der Waals surface area (Å²) in [5.74, 6) is 0.762. The summed E-state index contributed by atoms with van der Waals surface area (Å²) in [4.78, 5) is 16.6. The SMILES string of the molecule is C[C](C)CP(=O)(O)O. The van der Waals surface area contributed by atoms with E-state index in [0.29, 0.717) is 0 Å². The zero-order valence-electron chi connectivity index (χ0n) is 4.96. The minimum absolute atomic E-state index is 0.0903. The molecule has 0 heterocycles. The molecule has 0 aliphatic carbocycles. The summed E-state index contributed by atoms with van der Waals surface area (Å²) in [6.45, 7) is 3.39. The van der Waals surface area contributed by atoms with Crippen LogP contribution in [0, 0.1) is 5.92 Å². The van der Waals surface area contributed by atoms with E-state index in [9.17, 15) is 4.57 Å². The topological polar surface area (TPSA) is 57.5 Å². The fraction of sp³-hybridized carbons (Fsp3) is 0.750. The van der Waals surface area contributed by atoms with Crippen LogP contribution in [0.4, 0.5) is 0 Å². The zero-order valence-corrected chi connectivity index (χ0v) is 5.85. The molecule has 1 radical (unpaired) electrons. The highest BCUT2D eigenvalue weighted by Crippen LogP contribution is 2.36. The van der Waals surface area contributed by atoms with E-state index >= 15 is 0 Å². The van der Waals surface area contributed by atoms with Gasteiger partial charge in [-0.2, -0.15) is 0 Å². The van der Waals surface area contributed by atoms with Crippen LogP contribution in [0.15, 0.2) is 0 Å². The average Bonchev–Trinajstić information content (AvgIpc) is 1.21. The van der Waals surface area contributed by atoms with Crippen LogP contribution < -0.4 is 0 Å². The molecule has 0 unspecified atom stereocenters. The lowest BCUT2D eigenvalue weighted by atomic mass is 10.3. The summed E-state index contributed by atoms with van der Waals surface area (Å²) in [6.07, 6.45) is -0.0903. The fourth-order valence-electron chi connectivity index (χ4n) is 0.412. The maximum absolute atomic E-state index is 10.1. The third kappa shape index (κ3) is 6.15. The summed E-state index contributed by atoms with van der Waals surface area (Å²) >= 11 is 0. The van der Waals surface area contributed by atoms with E-state index in [4.69, 9.17) is 9.79 Å². The Labute approximate surface area is 48.9 Å². The van der Waals surface area contributed by atoms with E-state index in [1.54, 1.807) is 13.8 Å². The van der Waals surface area contributed by atoms with E-state index in [-0.39, 0.29) is 6.16 Å². The van der Waals surface area contributed by atoms with Crippen molar-refractivity contribution in [3.8, 4) is 0 Å². The molecule has 4 heteroatoms. The van der Waals surface area contributed by atoms with Gasteiger partial charge in [0, 0.05) is 0 Å². The number of hydrogen-bond donors (Lipinski definition) is 2. The van der Waals surface area contributed by atoms with Gasteiger partial charge >= 0.3 is 7.60 Å². The molecule has 0 amide bonds. The molecule has 0 saturated carbocycles. The third-order valence-electron chi connectivity index (χ3n) is 0.522. The molecule has 0 aromatic carbocycles. The van der Waals surface area contributed by atoms with E-state index in [0.717, 1.165) is 5.92 Å². The van der Waals surface area contributed by atoms with Crippen molar-refractivity contribution < 1.29 is 14.4 Å². The first-order valence-electron chi connectivity index (χ1n) is 2.25. The van der Waals surface area contributed by atoms with E-state index < -0.39 is 7.60 Å². The molecule has 2 N–H and O–H groups in total. The molecule has 0 saturated heterocycles. The summed E-state index contributed by atoms with van der Waals surface area (Å²) in [5.41, 5.74) is 0. The minimum Gasteiger partial charge on any atom is -0.324 e. The highest BCUT2D eigenvalue weighted by molar-refractivity contribution is 7.51. The summed E-state index contributed by atoms with van der Waals surface area (Å²) in [5, 5.41) is 0. The largest absolute Gasteiger partial charge is 0.326 e. The lowest BCUT2D eigenvalue weighted by Crippen LogP contribution is -1.93. The van der Waals surface area contributed by atoms with Crippen molar-refractivity contribution in [2.45, 2.75) is 13.8 Å². The van der Waals surface area contributed by atoms with Crippen LogP contribution in [-0.4, -0.2) is 15.9 Å². The normalized spacial score (nSPS) is 12.6. The fourth-order valence-corrected chi connectivity index (χ4v) is 1.24. The molecule has 8 heavy (non-hydrogen) atoms. The molecular formula is C4H10O3P. The summed E-state index contributed by atoms with van der Waals surface area (Å²) in [6, 6.07) is 0. The maximum atomic E-state index is 10.1. The molecule has 0 atom stereocenters. The Hall–Kier alpha value is 0.150. The van der Waals surface area contributed by atoms with Crippen molar-refractivity contribution in [2.24, 2.45) is 0 Å². The first-order chi connectivity index (χ1) is 3.42. The average molecular weight is 137 g/mol. The number of hydrogen-bond acceptors (Lipinski definition) is 1. The van der Waals surface area contributed by atoms with E-state index in [1.165, 1.54) is 0 Å². The molecule has 0 fully saturated rings. The van der Waals surface area contributed by atoms with Gasteiger partial charge < -0.3 is 9.79 Å². The Kier molecular flexibility index (Phi) is 2.67. The first kappa shape index (κ1) is 8.15. The van der Waals surface area contributed by atoms with Gasteiger partial charge in [0.15, 0.2) is 0 Å². The van der Waals surface area contributed by atoms with Gasteiger partial charge in [0.2, 0.25) is 0 Å². The van der Waals surface area contributed by atoms with Crippen molar-refractivity contribution in [3.63, 3.8) is 0 Å². The predicted octanol–water partition coefficient (Wildman–Crippen LogP) is 0.778. The van der Waals surface area contributed by atoms with Gasteiger partial charge in [-0.3, -0.25) is 4.57 Å². The van der Waals surface area contributed by atoms with Crippen LogP contribution in [0.5, 0.6) is 0 Å². The molecule has 0 spiro atoms. The second kappa shape index (κ2) is 2.62. The van der Waals surface area contributed by atoms with Crippen LogP contribution in [-0.2, 0) is 4.57 Å². The van der Waals surface area contributed by atoms with Crippen LogP contribution >= 0.6 is 7.60 Å². The van der Waals surface area contributed by atoms with Gasteiger partial charge in [0.1, 0.15) is 0 Å². The Morgan fingerprint density at radius 1 is 1.50 bits per heavy atom. The Morgan fingerprint density at radius 2 is 1.88 bits per heavy atom. The highest BCUT2D eigenvalue weighted by atomic mass is 31.2. The lowest BCUT2D eigenvalue weighted by Gasteiger charge is -2.03. The van der Waals surface area contributed by atoms with Crippen molar-refractivity contribution in [1.29, 1.82) is 0 Å². The Bertz CT molecular complexity index is 104. The third-order valence-corrected chi connectivity index (χ3v) is 1.57. The van der Waals surface area contributed by atoms with E-state index in [2.05, 4.69) is 0 Å². The van der Waals surface area contributed by atoms with Gasteiger partial charge in [-0.25, -0.2) is 0 Å². The second-order valence-electron chi connectivity index (χ2n) is 2.03. The molecule has 49 valence electrons. The predicted molar refractivity (Wildman–Crippen MR) is 31.5 cm³/mol. The number of rotatable bonds is 2. The van der Waals surface area contributed by atoms with Gasteiger partial charge in [-0.05, 0) is 5.92 Å². The monoisotopic (exact) mass is 137 g/mol. The summed E-state index contributed by atoms with van der Waals surface area (Å²) < 4.78 is 10.1. The van der Waals surface area contributed by atoms with Crippen LogP contribution in [0.25, 0.3) is 0 Å². The Morgan fingerprint density at radius 3 is 1.88 bits per heavy atom. The molecular weight excluding hydrogens is 127 g/mol. The second-order valence-corrected chi connectivity index (χ2v) is 3.68. The van der Waals surface area contributed by atoms with Crippen molar-refractivity contribution >= 4 is 7.60 Å².